The monoisotopic (exact) mass is 236 g/mol. The van der Waals surface area contributed by atoms with Gasteiger partial charge in [0.25, 0.3) is 5.91 Å². The Kier molecular flexibility index (Phi) is 4.20. The zero-order chi connectivity index (χ0) is 13.0. The van der Waals surface area contributed by atoms with E-state index in [4.69, 9.17) is 5.11 Å². The highest BCUT2D eigenvalue weighted by atomic mass is 16.4. The van der Waals surface area contributed by atoms with Gasteiger partial charge in [0.05, 0.1) is 11.5 Å². The highest BCUT2D eigenvalue weighted by Gasteiger charge is 2.21. The lowest BCUT2D eigenvalue weighted by Crippen LogP contribution is -2.40. The average Bonchev–Trinajstić information content (AvgIpc) is 2.27. The summed E-state index contributed by atoms with van der Waals surface area (Å²) in [7, 11) is 0. The van der Waals surface area contributed by atoms with Crippen molar-refractivity contribution < 1.29 is 14.7 Å². The van der Waals surface area contributed by atoms with Gasteiger partial charge in [-0.25, -0.2) is 0 Å². The van der Waals surface area contributed by atoms with Gasteiger partial charge < -0.3 is 10.4 Å². The molecule has 0 saturated heterocycles. The number of nitrogens with zero attached hydrogens (tertiary/aromatic N) is 1. The second-order valence-corrected chi connectivity index (χ2v) is 4.14. The van der Waals surface area contributed by atoms with Crippen molar-refractivity contribution in [2.75, 3.05) is 0 Å². The number of nitrogens with one attached hydrogen (secondary N) is 1. The molecule has 0 spiro atoms. The topological polar surface area (TPSA) is 79.3 Å². The van der Waals surface area contributed by atoms with Crippen LogP contribution in [-0.2, 0) is 4.79 Å². The molecule has 5 nitrogen and oxygen atoms in total. The van der Waals surface area contributed by atoms with E-state index < -0.39 is 17.9 Å². The third-order valence-electron chi connectivity index (χ3n) is 2.64. The fraction of sp³-hybridized carbons (Fsp3) is 0.417. The molecule has 0 aliphatic rings. The molecule has 5 heteroatoms. The van der Waals surface area contributed by atoms with Gasteiger partial charge in [-0.1, -0.05) is 0 Å². The van der Waals surface area contributed by atoms with E-state index in [-0.39, 0.29) is 5.91 Å². The van der Waals surface area contributed by atoms with E-state index in [1.54, 1.807) is 26.1 Å². The number of aliphatic carboxylic acids is 1. The summed E-state index contributed by atoms with van der Waals surface area (Å²) in [5, 5.41) is 11.5. The first kappa shape index (κ1) is 13.2. The van der Waals surface area contributed by atoms with E-state index in [0.717, 1.165) is 5.56 Å². The number of carboxylic acid groups (broad SMARTS) is 1. The Labute approximate surface area is 99.9 Å². The van der Waals surface area contributed by atoms with Crippen LogP contribution in [0.25, 0.3) is 0 Å². The minimum atomic E-state index is -0.930. The Morgan fingerprint density at radius 3 is 2.53 bits per heavy atom. The summed E-state index contributed by atoms with van der Waals surface area (Å²) >= 11 is 0. The van der Waals surface area contributed by atoms with Crippen LogP contribution in [0.4, 0.5) is 0 Å². The number of amides is 1. The molecule has 0 fully saturated rings. The minimum absolute atomic E-state index is 0.304. The molecule has 1 aromatic rings. The van der Waals surface area contributed by atoms with Gasteiger partial charge >= 0.3 is 5.97 Å². The first-order valence-electron chi connectivity index (χ1n) is 5.37. The number of rotatable bonds is 4. The quantitative estimate of drug-likeness (QED) is 0.824. The SMILES string of the molecule is Cc1cncc(C(=O)NC(C)C(C)C(=O)O)c1. The van der Waals surface area contributed by atoms with Gasteiger partial charge in [0, 0.05) is 18.4 Å². The van der Waals surface area contributed by atoms with Crippen LogP contribution >= 0.6 is 0 Å². The maximum atomic E-state index is 11.8. The molecule has 0 aliphatic carbocycles. The van der Waals surface area contributed by atoms with E-state index in [1.807, 2.05) is 6.92 Å². The first-order chi connectivity index (χ1) is 7.91. The zero-order valence-corrected chi connectivity index (χ0v) is 10.1. The van der Waals surface area contributed by atoms with Crippen LogP contribution in [0.3, 0.4) is 0 Å². The van der Waals surface area contributed by atoms with Crippen molar-refractivity contribution >= 4 is 11.9 Å². The average molecular weight is 236 g/mol. The van der Waals surface area contributed by atoms with E-state index in [1.165, 1.54) is 6.20 Å². The summed E-state index contributed by atoms with van der Waals surface area (Å²) in [6, 6.07) is 1.28. The van der Waals surface area contributed by atoms with Crippen molar-refractivity contribution in [3.63, 3.8) is 0 Å². The number of hydrogen-bond donors (Lipinski definition) is 2. The third kappa shape index (κ3) is 3.55. The van der Waals surface area contributed by atoms with Gasteiger partial charge in [0.15, 0.2) is 0 Å². The van der Waals surface area contributed by atoms with Gasteiger partial charge in [0.2, 0.25) is 0 Å². The van der Waals surface area contributed by atoms with Gasteiger partial charge in [0.1, 0.15) is 0 Å². The second kappa shape index (κ2) is 5.43. The third-order valence-corrected chi connectivity index (χ3v) is 2.64. The molecule has 17 heavy (non-hydrogen) atoms. The number of aryl methyl sites for hydroxylation is 1. The Morgan fingerprint density at radius 2 is 2.00 bits per heavy atom. The molecular weight excluding hydrogens is 220 g/mol. The van der Waals surface area contributed by atoms with Crippen molar-refractivity contribution in [1.29, 1.82) is 0 Å². The molecule has 0 bridgehead atoms. The minimum Gasteiger partial charge on any atom is -0.481 e. The smallest absolute Gasteiger partial charge is 0.308 e. The summed E-state index contributed by atoms with van der Waals surface area (Å²) in [6.45, 7) is 5.06. The Hall–Kier alpha value is -1.91. The van der Waals surface area contributed by atoms with E-state index in [2.05, 4.69) is 10.3 Å². The van der Waals surface area contributed by atoms with Crippen LogP contribution in [0.15, 0.2) is 18.5 Å². The summed E-state index contributed by atoms with van der Waals surface area (Å²) in [5.41, 5.74) is 1.33. The molecule has 2 unspecified atom stereocenters. The van der Waals surface area contributed by atoms with Crippen LogP contribution < -0.4 is 5.32 Å². The maximum absolute atomic E-state index is 11.8. The fourth-order valence-corrected chi connectivity index (χ4v) is 1.31. The summed E-state index contributed by atoms with van der Waals surface area (Å²) in [4.78, 5) is 26.5. The normalized spacial score (nSPS) is 13.8. The Morgan fingerprint density at radius 1 is 1.35 bits per heavy atom. The van der Waals surface area contributed by atoms with Crippen LogP contribution in [0, 0.1) is 12.8 Å². The molecular formula is C12H16N2O3. The van der Waals surface area contributed by atoms with Crippen LogP contribution in [0.5, 0.6) is 0 Å². The second-order valence-electron chi connectivity index (χ2n) is 4.14. The maximum Gasteiger partial charge on any atom is 0.308 e. The summed E-state index contributed by atoms with van der Waals surface area (Å²) < 4.78 is 0. The summed E-state index contributed by atoms with van der Waals surface area (Å²) in [6.07, 6.45) is 3.11. The molecule has 1 heterocycles. The lowest BCUT2D eigenvalue weighted by molar-refractivity contribution is -0.141. The highest BCUT2D eigenvalue weighted by molar-refractivity contribution is 5.94. The lowest BCUT2D eigenvalue weighted by atomic mass is 10.0. The predicted octanol–water partition coefficient (Wildman–Crippen LogP) is 1.23. The van der Waals surface area contributed by atoms with Crippen LogP contribution in [0.2, 0.25) is 0 Å². The number of hydrogen-bond acceptors (Lipinski definition) is 3. The predicted molar refractivity (Wildman–Crippen MR) is 62.7 cm³/mol. The largest absolute Gasteiger partial charge is 0.481 e. The molecule has 1 aromatic heterocycles. The van der Waals surface area contributed by atoms with Gasteiger partial charge in [-0.2, -0.15) is 0 Å². The van der Waals surface area contributed by atoms with Crippen molar-refractivity contribution in [2.45, 2.75) is 26.8 Å². The molecule has 2 N–H and O–H groups in total. The molecule has 0 radical (unpaired) electrons. The van der Waals surface area contributed by atoms with Crippen molar-refractivity contribution in [2.24, 2.45) is 5.92 Å². The van der Waals surface area contributed by atoms with Crippen molar-refractivity contribution in [3.05, 3.63) is 29.6 Å². The molecule has 1 rings (SSSR count). The van der Waals surface area contributed by atoms with E-state index in [9.17, 15) is 9.59 Å². The fourth-order valence-electron chi connectivity index (χ4n) is 1.31. The number of pyridine rings is 1. The van der Waals surface area contributed by atoms with Crippen molar-refractivity contribution in [1.82, 2.24) is 10.3 Å². The van der Waals surface area contributed by atoms with Gasteiger partial charge in [-0.3, -0.25) is 14.6 Å². The number of carboxylic acids is 1. The Balaban J connectivity index is 2.70. The molecule has 0 aliphatic heterocycles. The number of carbonyl (C=O) groups is 2. The van der Waals surface area contributed by atoms with Gasteiger partial charge in [-0.05, 0) is 32.4 Å². The van der Waals surface area contributed by atoms with Gasteiger partial charge in [-0.15, -0.1) is 0 Å². The molecule has 92 valence electrons. The number of carbonyl (C=O) groups excluding carboxylic acids is 1. The first-order valence-corrected chi connectivity index (χ1v) is 5.37. The molecule has 2 atom stereocenters. The van der Waals surface area contributed by atoms with Crippen LogP contribution in [0.1, 0.15) is 29.8 Å². The highest BCUT2D eigenvalue weighted by Crippen LogP contribution is 2.05. The summed E-state index contributed by atoms with van der Waals surface area (Å²) in [5.74, 6) is -1.86. The molecule has 1 amide bonds. The lowest BCUT2D eigenvalue weighted by Gasteiger charge is -2.17. The zero-order valence-electron chi connectivity index (χ0n) is 10.1. The standard InChI is InChI=1S/C12H16N2O3/c1-7-4-10(6-13-5-7)11(15)14-9(3)8(2)12(16)17/h4-6,8-9H,1-3H3,(H,14,15)(H,16,17). The molecule has 0 saturated carbocycles. The van der Waals surface area contributed by atoms with Crippen LogP contribution in [-0.4, -0.2) is 28.0 Å². The van der Waals surface area contributed by atoms with E-state index >= 15 is 0 Å². The number of aromatic nitrogens is 1. The van der Waals surface area contributed by atoms with Crippen molar-refractivity contribution in [3.8, 4) is 0 Å². The van der Waals surface area contributed by atoms with E-state index in [0.29, 0.717) is 5.56 Å². The Bertz CT molecular complexity index is 432. The molecule has 0 aromatic carbocycles.